The Morgan fingerprint density at radius 3 is 2.50 bits per heavy atom. The van der Waals surface area contributed by atoms with Crippen LogP contribution in [0.1, 0.15) is 67.7 Å². The molecule has 0 unspecified atom stereocenters. The maximum absolute atomic E-state index is 13.6. The predicted octanol–water partition coefficient (Wildman–Crippen LogP) is 5.23. The highest BCUT2D eigenvalue weighted by molar-refractivity contribution is 5.77. The Kier molecular flexibility index (Phi) is 5.96. The summed E-state index contributed by atoms with van der Waals surface area (Å²) >= 11 is 0. The topological polar surface area (TPSA) is 81.7 Å². The third-order valence-electron chi connectivity index (χ3n) is 7.90. The van der Waals surface area contributed by atoms with Gasteiger partial charge in [0, 0.05) is 18.6 Å². The Labute approximate surface area is 199 Å². The van der Waals surface area contributed by atoms with E-state index in [0.717, 1.165) is 62.5 Å². The molecule has 7 heteroatoms. The Bertz CT molecular complexity index is 1050. The minimum absolute atomic E-state index is 0.0307. The van der Waals surface area contributed by atoms with Gasteiger partial charge in [0.2, 0.25) is 0 Å². The first-order valence-corrected chi connectivity index (χ1v) is 12.3. The number of carbonyl (C=O) groups is 2. The molecule has 2 aromatic rings. The normalized spacial score (nSPS) is 26.6. The van der Waals surface area contributed by atoms with Crippen LogP contribution in [0, 0.1) is 11.2 Å². The number of halogens is 1. The third-order valence-corrected chi connectivity index (χ3v) is 7.90. The molecule has 2 bridgehead atoms. The lowest BCUT2D eigenvalue weighted by molar-refractivity contribution is -0.153. The van der Waals surface area contributed by atoms with E-state index in [-0.39, 0.29) is 23.4 Å². The average molecular weight is 466 g/mol. The van der Waals surface area contributed by atoms with E-state index in [9.17, 15) is 14.0 Å². The molecule has 3 amide bonds. The fourth-order valence-corrected chi connectivity index (χ4v) is 6.48. The van der Waals surface area contributed by atoms with Gasteiger partial charge >= 0.3 is 12.1 Å². The van der Waals surface area contributed by atoms with E-state index in [4.69, 9.17) is 5.11 Å². The number of carboxylic acid groups (broad SMARTS) is 1. The van der Waals surface area contributed by atoms with Crippen LogP contribution in [-0.2, 0) is 6.42 Å². The van der Waals surface area contributed by atoms with Crippen molar-refractivity contribution in [1.82, 2.24) is 15.5 Å². The zero-order valence-electron chi connectivity index (χ0n) is 19.4. The zero-order valence-corrected chi connectivity index (χ0v) is 19.4. The van der Waals surface area contributed by atoms with Gasteiger partial charge in [-0.05, 0) is 72.8 Å². The monoisotopic (exact) mass is 465 g/mol. The SMILES string of the molecule is O=C(O)NCCCCCC12CC(NC(=O)N3CCc4ccccc4[C@@H]3c3ccc(F)cc3)(C1)C2. The van der Waals surface area contributed by atoms with Crippen LogP contribution in [0.15, 0.2) is 48.5 Å². The average Bonchev–Trinajstić information content (AvgIpc) is 2.78. The summed E-state index contributed by atoms with van der Waals surface area (Å²) in [7, 11) is 0. The highest BCUT2D eigenvalue weighted by Gasteiger charge is 2.67. The Balaban J connectivity index is 1.18. The molecule has 6 rings (SSSR count). The van der Waals surface area contributed by atoms with Crippen LogP contribution in [0.2, 0.25) is 0 Å². The molecule has 1 atom stereocenters. The van der Waals surface area contributed by atoms with Gasteiger partial charge in [0.1, 0.15) is 5.82 Å². The number of fused-ring (bicyclic) bond motifs is 1. The van der Waals surface area contributed by atoms with E-state index in [1.165, 1.54) is 17.7 Å². The lowest BCUT2D eigenvalue weighted by Gasteiger charge is -2.71. The molecule has 0 aromatic heterocycles. The first-order valence-electron chi connectivity index (χ1n) is 12.3. The molecular weight excluding hydrogens is 433 g/mol. The van der Waals surface area contributed by atoms with Gasteiger partial charge < -0.3 is 20.6 Å². The van der Waals surface area contributed by atoms with Crippen LogP contribution in [0.3, 0.4) is 0 Å². The molecule has 180 valence electrons. The smallest absolute Gasteiger partial charge is 0.404 e. The van der Waals surface area contributed by atoms with E-state index >= 15 is 0 Å². The van der Waals surface area contributed by atoms with Crippen molar-refractivity contribution in [3.63, 3.8) is 0 Å². The summed E-state index contributed by atoms with van der Waals surface area (Å²) in [6, 6.07) is 14.5. The van der Waals surface area contributed by atoms with Gasteiger partial charge in [0.05, 0.1) is 6.04 Å². The second-order valence-corrected chi connectivity index (χ2v) is 10.4. The van der Waals surface area contributed by atoms with Crippen LogP contribution >= 0.6 is 0 Å². The van der Waals surface area contributed by atoms with Gasteiger partial charge in [0.25, 0.3) is 0 Å². The fraction of sp³-hybridized carbons (Fsp3) is 0.481. The lowest BCUT2D eigenvalue weighted by atomic mass is 9.38. The van der Waals surface area contributed by atoms with Crippen LogP contribution < -0.4 is 10.6 Å². The van der Waals surface area contributed by atoms with Crippen LogP contribution in [0.25, 0.3) is 0 Å². The standard InChI is InChI=1S/C27H32FN3O3/c28-21-10-8-20(9-11-21)23-22-7-3-2-6-19(22)12-15-31(23)24(32)30-27-16-26(17-27,18-27)13-4-1-5-14-29-25(33)34/h2-3,6-11,23,29H,1,4-5,12-18H2,(H,30,32)(H,33,34)/t23-,26?,27?/m0/s1. The van der Waals surface area contributed by atoms with Crippen molar-refractivity contribution in [3.05, 3.63) is 71.0 Å². The Morgan fingerprint density at radius 2 is 1.76 bits per heavy atom. The summed E-state index contributed by atoms with van der Waals surface area (Å²) in [6.07, 6.45) is 7.08. The number of urea groups is 1. The van der Waals surface area contributed by atoms with Crippen LogP contribution in [0.5, 0.6) is 0 Å². The summed E-state index contributed by atoms with van der Waals surface area (Å²) < 4.78 is 13.6. The van der Waals surface area contributed by atoms with Crippen molar-refractivity contribution in [2.24, 2.45) is 5.41 Å². The molecule has 3 saturated carbocycles. The molecule has 0 spiro atoms. The number of nitrogens with one attached hydrogen (secondary N) is 2. The van der Waals surface area contributed by atoms with Crippen molar-refractivity contribution in [3.8, 4) is 0 Å². The van der Waals surface area contributed by atoms with E-state index in [1.54, 1.807) is 12.1 Å². The number of amides is 3. The van der Waals surface area contributed by atoms with Gasteiger partial charge in [-0.3, -0.25) is 0 Å². The number of hydrogen-bond acceptors (Lipinski definition) is 2. The third kappa shape index (κ3) is 4.36. The second kappa shape index (κ2) is 8.93. The molecule has 4 aliphatic rings. The molecule has 0 saturated heterocycles. The first-order chi connectivity index (χ1) is 16.4. The summed E-state index contributed by atoms with van der Waals surface area (Å²) in [5.74, 6) is -0.277. The molecule has 3 N–H and O–H groups in total. The Morgan fingerprint density at radius 1 is 1.03 bits per heavy atom. The van der Waals surface area contributed by atoms with Gasteiger partial charge in [-0.1, -0.05) is 49.2 Å². The van der Waals surface area contributed by atoms with Crippen molar-refractivity contribution >= 4 is 12.1 Å². The quantitative estimate of drug-likeness (QED) is 0.467. The Hall–Kier alpha value is -3.09. The maximum Gasteiger partial charge on any atom is 0.404 e. The minimum Gasteiger partial charge on any atom is -0.465 e. The van der Waals surface area contributed by atoms with Gasteiger partial charge in [-0.2, -0.15) is 0 Å². The maximum atomic E-state index is 13.6. The van der Waals surface area contributed by atoms with Crippen molar-refractivity contribution in [2.75, 3.05) is 13.1 Å². The summed E-state index contributed by atoms with van der Waals surface area (Å²) in [4.78, 5) is 25.9. The molecular formula is C27H32FN3O3. The molecule has 2 aromatic carbocycles. The van der Waals surface area contributed by atoms with E-state index in [0.29, 0.717) is 18.5 Å². The molecule has 1 aliphatic heterocycles. The first kappa shape index (κ1) is 22.7. The largest absolute Gasteiger partial charge is 0.465 e. The predicted molar refractivity (Wildman–Crippen MR) is 127 cm³/mol. The minimum atomic E-state index is -0.962. The van der Waals surface area contributed by atoms with Crippen molar-refractivity contribution in [2.45, 2.75) is 62.9 Å². The lowest BCUT2D eigenvalue weighted by Crippen LogP contribution is -2.75. The number of benzene rings is 2. The van der Waals surface area contributed by atoms with Crippen molar-refractivity contribution < 1.29 is 19.1 Å². The molecule has 3 aliphatic carbocycles. The second-order valence-electron chi connectivity index (χ2n) is 10.4. The number of rotatable bonds is 8. The summed E-state index contributed by atoms with van der Waals surface area (Å²) in [5, 5.41) is 14.4. The fourth-order valence-electron chi connectivity index (χ4n) is 6.48. The molecule has 3 fully saturated rings. The number of hydrogen-bond donors (Lipinski definition) is 3. The van der Waals surface area contributed by atoms with E-state index in [1.807, 2.05) is 17.0 Å². The molecule has 6 nitrogen and oxygen atoms in total. The molecule has 1 heterocycles. The summed E-state index contributed by atoms with van der Waals surface area (Å²) in [5.41, 5.74) is 3.56. The van der Waals surface area contributed by atoms with Gasteiger partial charge in [-0.15, -0.1) is 0 Å². The van der Waals surface area contributed by atoms with E-state index < -0.39 is 6.09 Å². The van der Waals surface area contributed by atoms with Crippen LogP contribution in [0.4, 0.5) is 14.0 Å². The zero-order chi connectivity index (χ0) is 23.8. The number of unbranched alkanes of at least 4 members (excludes halogenated alkanes) is 2. The molecule has 34 heavy (non-hydrogen) atoms. The van der Waals surface area contributed by atoms with E-state index in [2.05, 4.69) is 22.8 Å². The summed E-state index contributed by atoms with van der Waals surface area (Å²) in [6.45, 7) is 1.15. The van der Waals surface area contributed by atoms with Crippen LogP contribution in [-0.4, -0.2) is 40.8 Å². The highest BCUT2D eigenvalue weighted by Crippen LogP contribution is 2.69. The van der Waals surface area contributed by atoms with Gasteiger partial charge in [0.15, 0.2) is 0 Å². The number of carbonyl (C=O) groups excluding carboxylic acids is 1. The number of nitrogens with zero attached hydrogens (tertiary/aromatic N) is 1. The van der Waals surface area contributed by atoms with Gasteiger partial charge in [-0.25, -0.2) is 14.0 Å². The molecule has 0 radical (unpaired) electrons. The highest BCUT2D eigenvalue weighted by atomic mass is 19.1. The van der Waals surface area contributed by atoms with Crippen molar-refractivity contribution in [1.29, 1.82) is 0 Å².